The van der Waals surface area contributed by atoms with Crippen LogP contribution in [0.15, 0.2) is 30.3 Å². The molecule has 3 rings (SSSR count). The van der Waals surface area contributed by atoms with Gasteiger partial charge in [0.2, 0.25) is 0 Å². The third kappa shape index (κ3) is 2.29. The second-order valence-corrected chi connectivity index (χ2v) is 6.08. The highest BCUT2D eigenvalue weighted by Crippen LogP contribution is 2.47. The fourth-order valence-corrected chi connectivity index (χ4v) is 4.03. The highest BCUT2D eigenvalue weighted by atomic mass is 14.4. The van der Waals surface area contributed by atoms with Gasteiger partial charge in [-0.05, 0) is 61.8 Å². The van der Waals surface area contributed by atoms with Gasteiger partial charge in [0, 0.05) is 5.92 Å². The van der Waals surface area contributed by atoms with E-state index in [1.54, 1.807) is 0 Å². The maximum Gasteiger partial charge on any atom is 0.0655 e. The van der Waals surface area contributed by atoms with E-state index in [-0.39, 0.29) is 0 Å². The van der Waals surface area contributed by atoms with Crippen LogP contribution < -0.4 is 0 Å². The molecule has 4 atom stereocenters. The summed E-state index contributed by atoms with van der Waals surface area (Å²) in [7, 11) is 0. The highest BCUT2D eigenvalue weighted by molar-refractivity contribution is 5.20. The third-order valence-electron chi connectivity index (χ3n) is 5.07. The van der Waals surface area contributed by atoms with Crippen LogP contribution in [-0.2, 0) is 0 Å². The summed E-state index contributed by atoms with van der Waals surface area (Å²) in [5.41, 5.74) is 1.53. The standard InChI is InChI=1S/C17H21N/c18-12-13-6-7-17-11-16(9-8-15(17)10-13)14-4-2-1-3-5-14/h1-5,13,15-17H,6-11H2/t13?,15-,16+,17+/m0/s1. The van der Waals surface area contributed by atoms with Crippen LogP contribution in [0.25, 0.3) is 0 Å². The quantitative estimate of drug-likeness (QED) is 0.707. The van der Waals surface area contributed by atoms with Crippen LogP contribution in [0, 0.1) is 29.1 Å². The molecule has 1 nitrogen and oxygen atoms in total. The van der Waals surface area contributed by atoms with E-state index in [0.29, 0.717) is 5.92 Å². The molecule has 0 N–H and O–H groups in total. The van der Waals surface area contributed by atoms with E-state index in [1.807, 2.05) is 0 Å². The molecule has 2 fully saturated rings. The number of hydrogen-bond acceptors (Lipinski definition) is 1. The molecule has 0 bridgehead atoms. The average molecular weight is 239 g/mol. The van der Waals surface area contributed by atoms with Crippen LogP contribution in [0.5, 0.6) is 0 Å². The van der Waals surface area contributed by atoms with Crippen molar-refractivity contribution in [2.45, 2.75) is 44.4 Å². The Morgan fingerprint density at radius 1 is 0.889 bits per heavy atom. The molecule has 2 saturated carbocycles. The smallest absolute Gasteiger partial charge is 0.0655 e. The SMILES string of the molecule is N#CC1CC[C@@H]2C[C@H](c3ccccc3)CC[C@H]2C1. The third-order valence-corrected chi connectivity index (χ3v) is 5.07. The van der Waals surface area contributed by atoms with Crippen LogP contribution in [0.2, 0.25) is 0 Å². The molecular formula is C17H21N. The van der Waals surface area contributed by atoms with E-state index >= 15 is 0 Å². The maximum absolute atomic E-state index is 9.06. The van der Waals surface area contributed by atoms with E-state index in [1.165, 1.54) is 37.7 Å². The van der Waals surface area contributed by atoms with Gasteiger partial charge in [0.1, 0.15) is 0 Å². The fraction of sp³-hybridized carbons (Fsp3) is 0.588. The summed E-state index contributed by atoms with van der Waals surface area (Å²) in [5.74, 6) is 2.84. The van der Waals surface area contributed by atoms with Crippen molar-refractivity contribution < 1.29 is 0 Å². The van der Waals surface area contributed by atoms with Crippen molar-refractivity contribution in [2.75, 3.05) is 0 Å². The first kappa shape index (κ1) is 11.8. The predicted octanol–water partition coefficient (Wildman–Crippen LogP) is 4.51. The van der Waals surface area contributed by atoms with Gasteiger partial charge in [-0.25, -0.2) is 0 Å². The van der Waals surface area contributed by atoms with Crippen LogP contribution in [0.1, 0.15) is 50.0 Å². The lowest BCUT2D eigenvalue weighted by atomic mass is 9.64. The molecule has 1 heteroatoms. The molecule has 94 valence electrons. The normalized spacial score (nSPS) is 35.5. The number of fused-ring (bicyclic) bond motifs is 1. The first-order valence-corrected chi connectivity index (χ1v) is 7.31. The lowest BCUT2D eigenvalue weighted by Crippen LogP contribution is -2.30. The van der Waals surface area contributed by atoms with Crippen molar-refractivity contribution in [3.63, 3.8) is 0 Å². The maximum atomic E-state index is 9.06. The number of nitriles is 1. The Morgan fingerprint density at radius 3 is 2.39 bits per heavy atom. The molecule has 1 aromatic carbocycles. The summed E-state index contributed by atoms with van der Waals surface area (Å²) in [6.07, 6.45) is 7.60. The van der Waals surface area contributed by atoms with E-state index in [9.17, 15) is 0 Å². The van der Waals surface area contributed by atoms with Crippen LogP contribution in [-0.4, -0.2) is 0 Å². The number of benzene rings is 1. The molecule has 0 aliphatic heterocycles. The molecular weight excluding hydrogens is 218 g/mol. The Balaban J connectivity index is 1.67. The summed E-state index contributed by atoms with van der Waals surface area (Å²) < 4.78 is 0. The van der Waals surface area contributed by atoms with Gasteiger partial charge in [0.05, 0.1) is 6.07 Å². The van der Waals surface area contributed by atoms with Gasteiger partial charge in [-0.15, -0.1) is 0 Å². The summed E-state index contributed by atoms with van der Waals surface area (Å²) in [6, 6.07) is 13.5. The fourth-order valence-electron chi connectivity index (χ4n) is 4.03. The Labute approximate surface area is 110 Å². The van der Waals surface area contributed by atoms with Gasteiger partial charge in [-0.1, -0.05) is 30.3 Å². The molecule has 0 aromatic heterocycles. The molecule has 0 amide bonds. The Hall–Kier alpha value is -1.29. The van der Waals surface area contributed by atoms with Crippen molar-refractivity contribution in [1.82, 2.24) is 0 Å². The minimum atomic E-state index is 0.347. The Morgan fingerprint density at radius 2 is 1.61 bits per heavy atom. The Bertz CT molecular complexity index is 431. The minimum Gasteiger partial charge on any atom is -0.198 e. The molecule has 2 aliphatic rings. The molecule has 0 radical (unpaired) electrons. The topological polar surface area (TPSA) is 23.8 Å². The molecule has 0 heterocycles. The monoisotopic (exact) mass is 239 g/mol. The van der Waals surface area contributed by atoms with E-state index in [0.717, 1.165) is 24.2 Å². The Kier molecular flexibility index (Phi) is 3.37. The first-order valence-electron chi connectivity index (χ1n) is 7.31. The molecule has 1 unspecified atom stereocenters. The average Bonchev–Trinajstić information content (AvgIpc) is 2.47. The van der Waals surface area contributed by atoms with Crippen molar-refractivity contribution in [3.8, 4) is 6.07 Å². The van der Waals surface area contributed by atoms with Crippen LogP contribution in [0.4, 0.5) is 0 Å². The van der Waals surface area contributed by atoms with E-state index in [4.69, 9.17) is 5.26 Å². The van der Waals surface area contributed by atoms with Gasteiger partial charge in [-0.3, -0.25) is 0 Å². The predicted molar refractivity (Wildman–Crippen MR) is 73.0 cm³/mol. The van der Waals surface area contributed by atoms with Gasteiger partial charge in [-0.2, -0.15) is 5.26 Å². The van der Waals surface area contributed by atoms with Gasteiger partial charge in [0.25, 0.3) is 0 Å². The number of hydrogen-bond donors (Lipinski definition) is 0. The molecule has 1 aromatic rings. The van der Waals surface area contributed by atoms with Crippen molar-refractivity contribution in [1.29, 1.82) is 5.26 Å². The van der Waals surface area contributed by atoms with Gasteiger partial charge < -0.3 is 0 Å². The number of nitrogens with zero attached hydrogens (tertiary/aromatic N) is 1. The summed E-state index contributed by atoms with van der Waals surface area (Å²) in [5, 5.41) is 9.06. The number of rotatable bonds is 1. The minimum absolute atomic E-state index is 0.347. The zero-order chi connectivity index (χ0) is 12.4. The summed E-state index contributed by atoms with van der Waals surface area (Å²) in [4.78, 5) is 0. The molecule has 0 spiro atoms. The van der Waals surface area contributed by atoms with Crippen molar-refractivity contribution >= 4 is 0 Å². The molecule has 2 aliphatic carbocycles. The highest BCUT2D eigenvalue weighted by Gasteiger charge is 2.35. The van der Waals surface area contributed by atoms with Gasteiger partial charge >= 0.3 is 0 Å². The second-order valence-electron chi connectivity index (χ2n) is 6.08. The van der Waals surface area contributed by atoms with E-state index < -0.39 is 0 Å². The summed E-state index contributed by atoms with van der Waals surface area (Å²) in [6.45, 7) is 0. The molecule has 0 saturated heterocycles. The zero-order valence-corrected chi connectivity index (χ0v) is 10.9. The van der Waals surface area contributed by atoms with Crippen molar-refractivity contribution in [3.05, 3.63) is 35.9 Å². The van der Waals surface area contributed by atoms with Crippen LogP contribution in [0.3, 0.4) is 0 Å². The lowest BCUT2D eigenvalue weighted by Gasteiger charge is -2.40. The van der Waals surface area contributed by atoms with Crippen LogP contribution >= 0.6 is 0 Å². The molecule has 18 heavy (non-hydrogen) atoms. The second kappa shape index (κ2) is 5.14. The lowest BCUT2D eigenvalue weighted by molar-refractivity contribution is 0.135. The largest absolute Gasteiger partial charge is 0.198 e. The zero-order valence-electron chi connectivity index (χ0n) is 10.9. The van der Waals surface area contributed by atoms with Crippen molar-refractivity contribution in [2.24, 2.45) is 17.8 Å². The first-order chi connectivity index (χ1) is 8.86. The van der Waals surface area contributed by atoms with E-state index in [2.05, 4.69) is 36.4 Å². The van der Waals surface area contributed by atoms with Gasteiger partial charge in [0.15, 0.2) is 0 Å². The summed E-state index contributed by atoms with van der Waals surface area (Å²) >= 11 is 0.